The van der Waals surface area contributed by atoms with E-state index in [0.29, 0.717) is 11.3 Å². The quantitative estimate of drug-likeness (QED) is 0.840. The van der Waals surface area contributed by atoms with Gasteiger partial charge in [0.2, 0.25) is 0 Å². The van der Waals surface area contributed by atoms with Crippen molar-refractivity contribution < 1.29 is 0 Å². The van der Waals surface area contributed by atoms with Crippen molar-refractivity contribution in [2.24, 2.45) is 5.41 Å². The monoisotopic (exact) mass is 300 g/mol. The zero-order valence-electron chi connectivity index (χ0n) is 14.0. The van der Waals surface area contributed by atoms with E-state index in [9.17, 15) is 0 Å². The summed E-state index contributed by atoms with van der Waals surface area (Å²) < 4.78 is 0. The molecule has 0 aromatic carbocycles. The van der Waals surface area contributed by atoms with E-state index in [4.69, 9.17) is 4.98 Å². The van der Waals surface area contributed by atoms with Gasteiger partial charge in [0.25, 0.3) is 0 Å². The first-order chi connectivity index (χ1) is 10.6. The number of nitrogens with zero attached hydrogens (tertiary/aromatic N) is 4. The summed E-state index contributed by atoms with van der Waals surface area (Å²) in [6.45, 7) is 6.93. The Kier molecular flexibility index (Phi) is 3.60. The van der Waals surface area contributed by atoms with E-state index in [2.05, 4.69) is 27.9 Å². The summed E-state index contributed by atoms with van der Waals surface area (Å²) in [6.07, 6.45) is 8.05. The molecule has 0 unspecified atom stereocenters. The molecule has 3 aliphatic rings. The van der Waals surface area contributed by atoms with E-state index < -0.39 is 0 Å². The fraction of sp³-hybridized carbons (Fsp3) is 0.778. The maximum absolute atomic E-state index is 4.72. The van der Waals surface area contributed by atoms with E-state index in [-0.39, 0.29) is 0 Å². The highest BCUT2D eigenvalue weighted by Crippen LogP contribution is 2.42. The van der Waals surface area contributed by atoms with Crippen LogP contribution in [0.2, 0.25) is 0 Å². The molecule has 1 spiro atoms. The lowest BCUT2D eigenvalue weighted by molar-refractivity contribution is 0.0820. The van der Waals surface area contributed by atoms with Gasteiger partial charge in [-0.2, -0.15) is 0 Å². The second-order valence-corrected chi connectivity index (χ2v) is 7.80. The minimum atomic E-state index is 0.574. The van der Waals surface area contributed by atoms with Crippen LogP contribution in [0, 0.1) is 12.3 Å². The first kappa shape index (κ1) is 14.4. The maximum Gasteiger partial charge on any atom is 0.132 e. The highest BCUT2D eigenvalue weighted by molar-refractivity contribution is 5.42. The molecule has 2 aliphatic heterocycles. The Hall–Kier alpha value is -1.16. The number of aromatic nitrogens is 2. The molecular weight excluding hydrogens is 272 g/mol. The average Bonchev–Trinajstić information content (AvgIpc) is 3.32. The third kappa shape index (κ3) is 2.85. The smallest absolute Gasteiger partial charge is 0.132 e. The zero-order valence-corrected chi connectivity index (χ0v) is 14.0. The second kappa shape index (κ2) is 5.48. The van der Waals surface area contributed by atoms with E-state index in [1.54, 1.807) is 0 Å². The van der Waals surface area contributed by atoms with E-state index in [0.717, 1.165) is 18.9 Å². The number of hydrogen-bond donors (Lipinski definition) is 0. The molecule has 0 radical (unpaired) electrons. The summed E-state index contributed by atoms with van der Waals surface area (Å²) in [6, 6.07) is 2.26. The van der Waals surface area contributed by atoms with Gasteiger partial charge < -0.3 is 9.80 Å². The normalized spacial score (nSPS) is 25.6. The molecule has 3 heterocycles. The molecule has 3 fully saturated rings. The molecule has 1 aromatic heterocycles. The standard InChI is InChI=1S/C18H28N4/c1-14-19-16(15-4-5-15)12-17(20-14)22-10-7-18(8-11-22)6-3-9-21(2)13-18/h12,15H,3-11,13H2,1-2H3. The molecule has 4 rings (SSSR count). The number of rotatable bonds is 2. The summed E-state index contributed by atoms with van der Waals surface area (Å²) in [7, 11) is 2.28. The van der Waals surface area contributed by atoms with Gasteiger partial charge in [0.1, 0.15) is 11.6 Å². The molecule has 0 bridgehead atoms. The minimum Gasteiger partial charge on any atom is -0.356 e. The topological polar surface area (TPSA) is 32.3 Å². The molecule has 0 atom stereocenters. The van der Waals surface area contributed by atoms with Gasteiger partial charge in [-0.1, -0.05) is 0 Å². The van der Waals surface area contributed by atoms with Crippen LogP contribution in [0.4, 0.5) is 5.82 Å². The molecule has 4 nitrogen and oxygen atoms in total. The first-order valence-corrected chi connectivity index (χ1v) is 8.93. The minimum absolute atomic E-state index is 0.574. The van der Waals surface area contributed by atoms with Crippen LogP contribution in [-0.4, -0.2) is 48.1 Å². The van der Waals surface area contributed by atoms with Crippen LogP contribution in [0.15, 0.2) is 6.07 Å². The van der Waals surface area contributed by atoms with Gasteiger partial charge in [0, 0.05) is 37.3 Å². The molecule has 1 aliphatic carbocycles. The van der Waals surface area contributed by atoms with Crippen LogP contribution < -0.4 is 4.90 Å². The van der Waals surface area contributed by atoms with Gasteiger partial charge >= 0.3 is 0 Å². The van der Waals surface area contributed by atoms with Gasteiger partial charge in [-0.15, -0.1) is 0 Å². The summed E-state index contributed by atoms with van der Waals surface area (Å²) in [4.78, 5) is 14.4. The molecule has 4 heteroatoms. The van der Waals surface area contributed by atoms with Crippen molar-refractivity contribution >= 4 is 5.82 Å². The summed E-state index contributed by atoms with van der Waals surface area (Å²) in [5, 5.41) is 0. The highest BCUT2D eigenvalue weighted by Gasteiger charge is 2.38. The largest absolute Gasteiger partial charge is 0.356 e. The zero-order chi connectivity index (χ0) is 15.2. The lowest BCUT2D eigenvalue weighted by atomic mass is 9.72. The third-order valence-electron chi connectivity index (χ3n) is 5.84. The molecule has 1 saturated carbocycles. The average molecular weight is 300 g/mol. The van der Waals surface area contributed by atoms with Gasteiger partial charge in [0.05, 0.1) is 0 Å². The molecule has 0 amide bonds. The van der Waals surface area contributed by atoms with Crippen LogP contribution in [0.5, 0.6) is 0 Å². The van der Waals surface area contributed by atoms with E-state index in [1.807, 2.05) is 6.92 Å². The van der Waals surface area contributed by atoms with Crippen molar-refractivity contribution in [2.75, 3.05) is 38.1 Å². The number of aryl methyl sites for hydroxylation is 1. The Labute approximate surface area is 133 Å². The fourth-order valence-electron chi connectivity index (χ4n) is 4.40. The Morgan fingerprint density at radius 1 is 1.09 bits per heavy atom. The van der Waals surface area contributed by atoms with Crippen LogP contribution >= 0.6 is 0 Å². The van der Waals surface area contributed by atoms with Gasteiger partial charge in [0.15, 0.2) is 0 Å². The van der Waals surface area contributed by atoms with Crippen molar-refractivity contribution in [3.63, 3.8) is 0 Å². The summed E-state index contributed by atoms with van der Waals surface area (Å²) in [5.41, 5.74) is 1.85. The van der Waals surface area contributed by atoms with E-state index in [1.165, 1.54) is 63.1 Å². The fourth-order valence-corrected chi connectivity index (χ4v) is 4.40. The SMILES string of the molecule is Cc1nc(C2CC2)cc(N2CCC3(CCCN(C)C3)CC2)n1. The summed E-state index contributed by atoms with van der Waals surface area (Å²) in [5.74, 6) is 2.83. The van der Waals surface area contributed by atoms with Crippen molar-refractivity contribution in [1.82, 2.24) is 14.9 Å². The molecule has 1 aromatic rings. The second-order valence-electron chi connectivity index (χ2n) is 7.80. The number of piperidine rings is 2. The van der Waals surface area contributed by atoms with Gasteiger partial charge in [-0.3, -0.25) is 0 Å². The first-order valence-electron chi connectivity index (χ1n) is 8.93. The van der Waals surface area contributed by atoms with E-state index >= 15 is 0 Å². The Balaban J connectivity index is 1.47. The van der Waals surface area contributed by atoms with Crippen molar-refractivity contribution in [3.05, 3.63) is 17.6 Å². The Bertz CT molecular complexity index is 544. The van der Waals surface area contributed by atoms with Crippen LogP contribution in [0.1, 0.15) is 56.0 Å². The maximum atomic E-state index is 4.72. The van der Waals surface area contributed by atoms with Crippen LogP contribution in [0.3, 0.4) is 0 Å². The van der Waals surface area contributed by atoms with Crippen molar-refractivity contribution in [2.45, 2.75) is 51.4 Å². The van der Waals surface area contributed by atoms with Gasteiger partial charge in [-0.05, 0) is 64.5 Å². The van der Waals surface area contributed by atoms with Gasteiger partial charge in [-0.25, -0.2) is 9.97 Å². The van der Waals surface area contributed by atoms with Crippen molar-refractivity contribution in [3.8, 4) is 0 Å². The third-order valence-corrected chi connectivity index (χ3v) is 5.84. The lowest BCUT2D eigenvalue weighted by Gasteiger charge is -2.47. The summed E-state index contributed by atoms with van der Waals surface area (Å²) >= 11 is 0. The Morgan fingerprint density at radius 2 is 1.86 bits per heavy atom. The molecular formula is C18H28N4. The molecule has 2 saturated heterocycles. The lowest BCUT2D eigenvalue weighted by Crippen LogP contribution is -2.48. The number of hydrogen-bond acceptors (Lipinski definition) is 4. The Morgan fingerprint density at radius 3 is 2.55 bits per heavy atom. The van der Waals surface area contributed by atoms with Crippen LogP contribution in [-0.2, 0) is 0 Å². The molecule has 22 heavy (non-hydrogen) atoms. The van der Waals surface area contributed by atoms with Crippen LogP contribution in [0.25, 0.3) is 0 Å². The predicted octanol–water partition coefficient (Wildman–Crippen LogP) is 2.97. The molecule has 0 N–H and O–H groups in total. The predicted molar refractivity (Wildman–Crippen MR) is 89.4 cm³/mol. The number of anilines is 1. The highest BCUT2D eigenvalue weighted by atomic mass is 15.2. The number of likely N-dealkylation sites (tertiary alicyclic amines) is 1. The molecule has 120 valence electrons. The van der Waals surface area contributed by atoms with Crippen molar-refractivity contribution in [1.29, 1.82) is 0 Å².